The Labute approximate surface area is 139 Å². The van der Waals surface area contributed by atoms with Crippen molar-refractivity contribution in [3.8, 4) is 6.07 Å². The molecule has 0 radical (unpaired) electrons. The number of hydrogen-bond acceptors (Lipinski definition) is 5. The third-order valence-corrected chi connectivity index (χ3v) is 4.44. The Morgan fingerprint density at radius 3 is 2.75 bits per heavy atom. The van der Waals surface area contributed by atoms with Crippen LogP contribution in [0.1, 0.15) is 28.7 Å². The molecule has 124 valence electrons. The first-order valence-corrected chi connectivity index (χ1v) is 7.77. The molecular weight excluding hydrogens is 310 g/mol. The van der Waals surface area contributed by atoms with Gasteiger partial charge in [-0.05, 0) is 26.0 Å². The maximum atomic E-state index is 12.6. The lowest BCUT2D eigenvalue weighted by Crippen LogP contribution is -2.54. The third kappa shape index (κ3) is 2.38. The molecule has 0 aromatic carbocycles. The predicted octanol–water partition coefficient (Wildman–Crippen LogP) is 0.370. The maximum absolute atomic E-state index is 12.6. The number of nitriles is 1. The summed E-state index contributed by atoms with van der Waals surface area (Å²) in [5, 5.41) is 8.94. The minimum atomic E-state index is -0.616. The molecule has 0 N–H and O–H groups in total. The highest BCUT2D eigenvalue weighted by molar-refractivity contribution is 6.05. The van der Waals surface area contributed by atoms with E-state index >= 15 is 0 Å². The molecule has 0 bridgehead atoms. The molecule has 0 saturated carbocycles. The summed E-state index contributed by atoms with van der Waals surface area (Å²) in [6.45, 7) is 4.60. The molecule has 24 heavy (non-hydrogen) atoms. The fourth-order valence-corrected chi connectivity index (χ4v) is 3.09. The maximum Gasteiger partial charge on any atom is 0.327 e. The molecular formula is C16H17N5O3. The fourth-order valence-electron chi connectivity index (χ4n) is 3.09. The van der Waals surface area contributed by atoms with Gasteiger partial charge < -0.3 is 9.80 Å². The van der Waals surface area contributed by atoms with E-state index in [1.165, 1.54) is 15.9 Å². The molecule has 1 unspecified atom stereocenters. The lowest BCUT2D eigenvalue weighted by atomic mass is 10.1. The van der Waals surface area contributed by atoms with Gasteiger partial charge in [-0.15, -0.1) is 0 Å². The number of nitrogens with zero attached hydrogens (tertiary/aromatic N) is 5. The third-order valence-electron chi connectivity index (χ3n) is 4.44. The second-order valence-corrected chi connectivity index (χ2v) is 5.77. The van der Waals surface area contributed by atoms with Gasteiger partial charge in [-0.25, -0.2) is 9.78 Å². The smallest absolute Gasteiger partial charge is 0.327 e. The molecule has 2 fully saturated rings. The summed E-state index contributed by atoms with van der Waals surface area (Å²) >= 11 is 0. The van der Waals surface area contributed by atoms with Crippen molar-refractivity contribution in [2.45, 2.75) is 19.9 Å². The number of aromatic nitrogens is 1. The standard InChI is InChI=1S/C16H17N5O3/c1-3-20-15(23)13-9-19(6-7-21(13)16(20)24)14(22)12-5-4-11(8-17)10(2)18-12/h4-5,13H,3,6-7,9H2,1-2H3. The number of rotatable bonds is 2. The molecule has 8 heteroatoms. The van der Waals surface area contributed by atoms with Crippen molar-refractivity contribution in [2.75, 3.05) is 26.2 Å². The molecule has 1 atom stereocenters. The minimum Gasteiger partial charge on any atom is -0.333 e. The van der Waals surface area contributed by atoms with Gasteiger partial charge in [-0.1, -0.05) is 0 Å². The zero-order chi connectivity index (χ0) is 17.4. The highest BCUT2D eigenvalue weighted by atomic mass is 16.2. The van der Waals surface area contributed by atoms with E-state index in [2.05, 4.69) is 4.98 Å². The Hall–Kier alpha value is -2.95. The van der Waals surface area contributed by atoms with Crippen LogP contribution in [0.3, 0.4) is 0 Å². The van der Waals surface area contributed by atoms with Crippen molar-refractivity contribution in [3.05, 3.63) is 29.1 Å². The fraction of sp³-hybridized carbons (Fsp3) is 0.438. The zero-order valence-electron chi connectivity index (χ0n) is 13.5. The summed E-state index contributed by atoms with van der Waals surface area (Å²) in [5.41, 5.74) is 1.15. The van der Waals surface area contributed by atoms with E-state index in [9.17, 15) is 14.4 Å². The van der Waals surface area contributed by atoms with Gasteiger partial charge in [0.1, 0.15) is 17.8 Å². The van der Waals surface area contributed by atoms with Crippen molar-refractivity contribution < 1.29 is 14.4 Å². The Bertz CT molecular complexity index is 769. The van der Waals surface area contributed by atoms with Crippen LogP contribution in [0.4, 0.5) is 4.79 Å². The van der Waals surface area contributed by atoms with Gasteiger partial charge >= 0.3 is 6.03 Å². The van der Waals surface area contributed by atoms with E-state index in [1.807, 2.05) is 6.07 Å². The largest absolute Gasteiger partial charge is 0.333 e. The summed E-state index contributed by atoms with van der Waals surface area (Å²) in [6, 6.07) is 4.19. The first kappa shape index (κ1) is 15.9. The van der Waals surface area contributed by atoms with Crippen LogP contribution in [0.25, 0.3) is 0 Å². The van der Waals surface area contributed by atoms with Crippen LogP contribution in [0.15, 0.2) is 12.1 Å². The number of carbonyl (C=O) groups is 3. The van der Waals surface area contributed by atoms with Gasteiger partial charge in [-0.2, -0.15) is 5.26 Å². The summed E-state index contributed by atoms with van der Waals surface area (Å²) in [6.07, 6.45) is 0. The minimum absolute atomic E-state index is 0.167. The molecule has 2 saturated heterocycles. The number of urea groups is 1. The van der Waals surface area contributed by atoms with Crippen LogP contribution in [-0.4, -0.2) is 69.8 Å². The summed E-state index contributed by atoms with van der Waals surface area (Å²) in [4.78, 5) is 45.5. The van der Waals surface area contributed by atoms with E-state index in [1.54, 1.807) is 24.8 Å². The molecule has 0 aliphatic carbocycles. The average molecular weight is 327 g/mol. The topological polar surface area (TPSA) is 97.6 Å². The number of piperazine rings is 1. The van der Waals surface area contributed by atoms with E-state index in [-0.39, 0.29) is 30.1 Å². The van der Waals surface area contributed by atoms with Crippen LogP contribution in [0.2, 0.25) is 0 Å². The first-order valence-electron chi connectivity index (χ1n) is 7.77. The normalized spacial score (nSPS) is 20.2. The first-order chi connectivity index (χ1) is 11.5. The molecule has 0 spiro atoms. The van der Waals surface area contributed by atoms with Gasteiger partial charge in [0, 0.05) is 19.6 Å². The number of hydrogen-bond donors (Lipinski definition) is 0. The second-order valence-electron chi connectivity index (χ2n) is 5.77. The summed E-state index contributed by atoms with van der Waals surface area (Å²) < 4.78 is 0. The number of amides is 4. The van der Waals surface area contributed by atoms with E-state index in [0.29, 0.717) is 30.9 Å². The zero-order valence-corrected chi connectivity index (χ0v) is 13.5. The molecule has 2 aliphatic rings. The monoisotopic (exact) mass is 327 g/mol. The lowest BCUT2D eigenvalue weighted by Gasteiger charge is -2.35. The van der Waals surface area contributed by atoms with Crippen molar-refractivity contribution >= 4 is 17.8 Å². The molecule has 3 heterocycles. The van der Waals surface area contributed by atoms with Gasteiger partial charge in [-0.3, -0.25) is 14.5 Å². The SMILES string of the molecule is CCN1C(=O)C2CN(C(=O)c3ccc(C#N)c(C)n3)CCN2C1=O. The Morgan fingerprint density at radius 1 is 1.38 bits per heavy atom. The Morgan fingerprint density at radius 2 is 2.12 bits per heavy atom. The number of likely N-dealkylation sites (N-methyl/N-ethyl adjacent to an activating group) is 1. The molecule has 3 rings (SSSR count). The summed E-state index contributed by atoms with van der Waals surface area (Å²) in [5.74, 6) is -0.554. The highest BCUT2D eigenvalue weighted by Gasteiger charge is 2.47. The van der Waals surface area contributed by atoms with Gasteiger partial charge in [0.2, 0.25) is 0 Å². The quantitative estimate of drug-likeness (QED) is 0.731. The van der Waals surface area contributed by atoms with Gasteiger partial charge in [0.25, 0.3) is 11.8 Å². The van der Waals surface area contributed by atoms with Crippen LogP contribution >= 0.6 is 0 Å². The lowest BCUT2D eigenvalue weighted by molar-refractivity contribution is -0.129. The van der Waals surface area contributed by atoms with Crippen LogP contribution in [0.5, 0.6) is 0 Å². The van der Waals surface area contributed by atoms with Crippen molar-refractivity contribution in [2.24, 2.45) is 0 Å². The molecule has 1 aromatic heterocycles. The van der Waals surface area contributed by atoms with E-state index in [4.69, 9.17) is 5.26 Å². The van der Waals surface area contributed by atoms with Crippen molar-refractivity contribution in [1.82, 2.24) is 19.7 Å². The highest BCUT2D eigenvalue weighted by Crippen LogP contribution is 2.22. The van der Waals surface area contributed by atoms with E-state index in [0.717, 1.165) is 0 Å². The number of aryl methyl sites for hydroxylation is 1. The molecule has 1 aromatic rings. The number of fused-ring (bicyclic) bond motifs is 1. The van der Waals surface area contributed by atoms with E-state index < -0.39 is 6.04 Å². The Kier molecular flexibility index (Phi) is 3.93. The molecule has 4 amide bonds. The van der Waals surface area contributed by atoms with Crippen LogP contribution in [0, 0.1) is 18.3 Å². The number of imide groups is 1. The predicted molar refractivity (Wildman–Crippen MR) is 82.9 cm³/mol. The van der Waals surface area contributed by atoms with Crippen molar-refractivity contribution in [3.63, 3.8) is 0 Å². The average Bonchev–Trinajstić information content (AvgIpc) is 2.84. The Balaban J connectivity index is 1.79. The molecule has 2 aliphatic heterocycles. The second kappa shape index (κ2) is 5.92. The summed E-state index contributed by atoms with van der Waals surface area (Å²) in [7, 11) is 0. The van der Waals surface area contributed by atoms with Crippen LogP contribution < -0.4 is 0 Å². The van der Waals surface area contributed by atoms with Crippen molar-refractivity contribution in [1.29, 1.82) is 5.26 Å². The van der Waals surface area contributed by atoms with Gasteiger partial charge in [0.05, 0.1) is 17.8 Å². The number of pyridine rings is 1. The molecule has 8 nitrogen and oxygen atoms in total. The number of carbonyl (C=O) groups excluding carboxylic acids is 3. The van der Waals surface area contributed by atoms with Crippen LogP contribution in [-0.2, 0) is 4.79 Å². The van der Waals surface area contributed by atoms with Gasteiger partial charge in [0.15, 0.2) is 0 Å².